The van der Waals surface area contributed by atoms with Crippen molar-refractivity contribution in [2.75, 3.05) is 13.7 Å². The molecule has 0 N–H and O–H groups in total. The average Bonchev–Trinajstić information content (AvgIpc) is 2.90. The third-order valence-electron chi connectivity index (χ3n) is 6.46. The molecule has 0 amide bonds. The van der Waals surface area contributed by atoms with Crippen LogP contribution in [0, 0.1) is 0 Å². The maximum absolute atomic E-state index is 13.4. The van der Waals surface area contributed by atoms with E-state index in [2.05, 4.69) is 12.1 Å². The van der Waals surface area contributed by atoms with Gasteiger partial charge in [-0.15, -0.1) is 0 Å². The molecule has 0 saturated heterocycles. The van der Waals surface area contributed by atoms with E-state index < -0.39 is 5.97 Å². The van der Waals surface area contributed by atoms with Gasteiger partial charge in [-0.2, -0.15) is 0 Å². The number of aryl methyl sites for hydroxylation is 1. The second-order valence-corrected chi connectivity index (χ2v) is 8.51. The summed E-state index contributed by atoms with van der Waals surface area (Å²) in [4.78, 5) is 31.0. The smallest absolute Gasteiger partial charge is 0.339 e. The molecule has 1 aliphatic rings. The van der Waals surface area contributed by atoms with Crippen LogP contribution in [0.25, 0.3) is 10.9 Å². The minimum atomic E-state index is -0.486. The molecular formula is C29H25NO4. The number of ether oxygens (including phenoxy) is 2. The predicted octanol–water partition coefficient (Wildman–Crippen LogP) is 5.56. The Labute approximate surface area is 198 Å². The topological polar surface area (TPSA) is 65.5 Å². The number of Topliss-reactive ketones (excluding diaryl/α,β-unsaturated/α-hetero) is 1. The summed E-state index contributed by atoms with van der Waals surface area (Å²) in [6, 6.07) is 24.8. The van der Waals surface area contributed by atoms with Gasteiger partial charge in [-0.3, -0.25) is 9.78 Å². The lowest BCUT2D eigenvalue weighted by Crippen LogP contribution is -2.21. The molecule has 0 saturated carbocycles. The molecule has 34 heavy (non-hydrogen) atoms. The van der Waals surface area contributed by atoms with Gasteiger partial charge in [0.1, 0.15) is 5.75 Å². The van der Waals surface area contributed by atoms with Gasteiger partial charge in [0, 0.05) is 16.6 Å². The first-order valence-corrected chi connectivity index (χ1v) is 11.4. The normalized spacial score (nSPS) is 14.9. The van der Waals surface area contributed by atoms with Crippen LogP contribution in [0.15, 0.2) is 78.9 Å². The molecular weight excluding hydrogens is 426 g/mol. The number of aromatic nitrogens is 1. The summed E-state index contributed by atoms with van der Waals surface area (Å²) in [5, 5.41) is 0.758. The molecule has 0 aliphatic heterocycles. The number of carbonyl (C=O) groups is 2. The Morgan fingerprint density at radius 3 is 2.59 bits per heavy atom. The largest absolute Gasteiger partial charge is 0.497 e. The summed E-state index contributed by atoms with van der Waals surface area (Å²) in [6.45, 7) is -0.334. The van der Waals surface area contributed by atoms with Gasteiger partial charge in [-0.05, 0) is 54.5 Å². The lowest BCUT2D eigenvalue weighted by molar-refractivity contribution is 0.0475. The van der Waals surface area contributed by atoms with Crippen LogP contribution in [-0.2, 0) is 17.6 Å². The third kappa shape index (κ3) is 4.29. The van der Waals surface area contributed by atoms with E-state index in [1.54, 1.807) is 31.4 Å². The number of carbonyl (C=O) groups excluding carboxylic acids is 2. The fourth-order valence-electron chi connectivity index (χ4n) is 4.71. The fraction of sp³-hybridized carbons (Fsp3) is 0.207. The molecule has 1 atom stereocenters. The van der Waals surface area contributed by atoms with Crippen LogP contribution in [0.3, 0.4) is 0 Å². The molecule has 0 radical (unpaired) electrons. The number of hydrogen-bond acceptors (Lipinski definition) is 5. The number of esters is 1. The van der Waals surface area contributed by atoms with Crippen LogP contribution in [-0.4, -0.2) is 30.5 Å². The van der Waals surface area contributed by atoms with Crippen LogP contribution in [0.5, 0.6) is 5.75 Å². The zero-order valence-electron chi connectivity index (χ0n) is 19.0. The highest BCUT2D eigenvalue weighted by atomic mass is 16.5. The van der Waals surface area contributed by atoms with Crippen molar-refractivity contribution in [2.45, 2.75) is 25.2 Å². The van der Waals surface area contributed by atoms with Crippen molar-refractivity contribution in [3.63, 3.8) is 0 Å². The standard InChI is InChI=1S/C29H25NO4/c1-33-22-11-7-10-21(16-22)27(31)18-34-29(32)28-23-12-5-6-13-25(23)30-26-15-14-20(17-24(26)28)19-8-3-2-4-9-19/h2-13,16,20H,14-15,17-18H2,1H3. The van der Waals surface area contributed by atoms with Crippen LogP contribution < -0.4 is 4.74 Å². The summed E-state index contributed by atoms with van der Waals surface area (Å²) >= 11 is 0. The van der Waals surface area contributed by atoms with Crippen molar-refractivity contribution in [3.05, 3.63) is 107 Å². The van der Waals surface area contributed by atoms with Gasteiger partial charge in [0.2, 0.25) is 0 Å². The van der Waals surface area contributed by atoms with Crippen molar-refractivity contribution in [1.29, 1.82) is 0 Å². The number of benzene rings is 3. The summed E-state index contributed by atoms with van der Waals surface area (Å²) in [7, 11) is 1.55. The van der Waals surface area contributed by atoms with Crippen LogP contribution >= 0.6 is 0 Å². The maximum atomic E-state index is 13.4. The van der Waals surface area contributed by atoms with Crippen LogP contribution in [0.2, 0.25) is 0 Å². The first-order valence-electron chi connectivity index (χ1n) is 11.4. The number of ketones is 1. The molecule has 0 bridgehead atoms. The van der Waals surface area contributed by atoms with Crippen molar-refractivity contribution >= 4 is 22.7 Å². The Kier molecular flexibility index (Phi) is 6.09. The van der Waals surface area contributed by atoms with Gasteiger partial charge in [0.05, 0.1) is 18.2 Å². The van der Waals surface area contributed by atoms with Crippen molar-refractivity contribution in [2.24, 2.45) is 0 Å². The maximum Gasteiger partial charge on any atom is 0.339 e. The van der Waals surface area contributed by atoms with Gasteiger partial charge < -0.3 is 9.47 Å². The second-order valence-electron chi connectivity index (χ2n) is 8.51. The SMILES string of the molecule is COc1cccc(C(=O)COC(=O)c2c3c(nc4ccccc24)CCC(c2ccccc2)C3)c1. The van der Waals surface area contributed by atoms with Crippen molar-refractivity contribution < 1.29 is 19.1 Å². The van der Waals surface area contributed by atoms with E-state index in [-0.39, 0.29) is 12.4 Å². The average molecular weight is 452 g/mol. The fourth-order valence-corrected chi connectivity index (χ4v) is 4.71. The van der Waals surface area contributed by atoms with Crippen molar-refractivity contribution in [3.8, 4) is 5.75 Å². The van der Waals surface area contributed by atoms with E-state index in [1.165, 1.54) is 5.56 Å². The number of nitrogens with zero attached hydrogens (tertiary/aromatic N) is 1. The lowest BCUT2D eigenvalue weighted by atomic mass is 9.80. The third-order valence-corrected chi connectivity index (χ3v) is 6.46. The first-order chi connectivity index (χ1) is 16.6. The highest BCUT2D eigenvalue weighted by molar-refractivity contribution is 6.06. The molecule has 1 aliphatic carbocycles. The summed E-state index contributed by atoms with van der Waals surface area (Å²) < 4.78 is 10.8. The quantitative estimate of drug-likeness (QED) is 0.284. The van der Waals surface area contributed by atoms with Gasteiger partial charge >= 0.3 is 5.97 Å². The first kappa shape index (κ1) is 21.8. The molecule has 170 valence electrons. The highest BCUT2D eigenvalue weighted by Gasteiger charge is 2.28. The van der Waals surface area contributed by atoms with E-state index in [9.17, 15) is 9.59 Å². The summed E-state index contributed by atoms with van der Waals surface area (Å²) in [5.74, 6) is 0.126. The Bertz CT molecular complexity index is 1360. The molecule has 5 nitrogen and oxygen atoms in total. The van der Waals surface area contributed by atoms with Crippen LogP contribution in [0.4, 0.5) is 0 Å². The molecule has 5 rings (SSSR count). The van der Waals surface area contributed by atoms with Crippen molar-refractivity contribution in [1.82, 2.24) is 4.98 Å². The second kappa shape index (κ2) is 9.48. The van der Waals surface area contributed by atoms with Crippen LogP contribution in [0.1, 0.15) is 49.9 Å². The molecule has 0 fully saturated rings. The minimum Gasteiger partial charge on any atom is -0.497 e. The number of fused-ring (bicyclic) bond motifs is 2. The van der Waals surface area contributed by atoms with E-state index in [0.717, 1.165) is 35.0 Å². The van der Waals surface area contributed by atoms with E-state index in [1.807, 2.05) is 42.5 Å². The minimum absolute atomic E-state index is 0.276. The molecule has 1 unspecified atom stereocenters. The Hall–Kier alpha value is -3.99. The zero-order chi connectivity index (χ0) is 23.5. The Morgan fingerprint density at radius 2 is 1.76 bits per heavy atom. The van der Waals surface area contributed by atoms with Gasteiger partial charge in [0.25, 0.3) is 0 Å². The predicted molar refractivity (Wildman–Crippen MR) is 131 cm³/mol. The molecule has 3 aromatic carbocycles. The summed E-state index contributed by atoms with van der Waals surface area (Å²) in [6.07, 6.45) is 2.49. The number of methoxy groups -OCH3 is 1. The monoisotopic (exact) mass is 451 g/mol. The Morgan fingerprint density at radius 1 is 0.971 bits per heavy atom. The van der Waals surface area contributed by atoms with E-state index >= 15 is 0 Å². The molecule has 1 aromatic heterocycles. The van der Waals surface area contributed by atoms with E-state index in [0.29, 0.717) is 29.2 Å². The molecule has 5 heteroatoms. The number of pyridine rings is 1. The lowest BCUT2D eigenvalue weighted by Gasteiger charge is -2.26. The summed E-state index contributed by atoms with van der Waals surface area (Å²) in [5.41, 5.74) is 4.87. The zero-order valence-corrected chi connectivity index (χ0v) is 19.0. The molecule has 0 spiro atoms. The number of rotatable bonds is 6. The van der Waals surface area contributed by atoms with Gasteiger partial charge in [-0.1, -0.05) is 60.7 Å². The Balaban J connectivity index is 1.46. The molecule has 4 aromatic rings. The van der Waals surface area contributed by atoms with Gasteiger partial charge in [0.15, 0.2) is 12.4 Å². The van der Waals surface area contributed by atoms with Gasteiger partial charge in [-0.25, -0.2) is 4.79 Å². The highest BCUT2D eigenvalue weighted by Crippen LogP contribution is 2.36. The number of para-hydroxylation sites is 1. The number of hydrogen-bond donors (Lipinski definition) is 0. The van der Waals surface area contributed by atoms with E-state index in [4.69, 9.17) is 14.5 Å². The molecule has 1 heterocycles.